The molecule has 0 aliphatic carbocycles. The molecule has 104 valence electrons. The van der Waals surface area contributed by atoms with Crippen molar-refractivity contribution in [3.63, 3.8) is 0 Å². The van der Waals surface area contributed by atoms with Gasteiger partial charge in [0.05, 0.1) is 6.04 Å². The highest BCUT2D eigenvalue weighted by molar-refractivity contribution is 5.41. The van der Waals surface area contributed by atoms with Crippen molar-refractivity contribution < 1.29 is 13.9 Å². The maximum absolute atomic E-state index is 13.4. The summed E-state index contributed by atoms with van der Waals surface area (Å²) in [4.78, 5) is 0. The third-order valence-corrected chi connectivity index (χ3v) is 3.42. The van der Waals surface area contributed by atoms with Gasteiger partial charge in [-0.15, -0.1) is 0 Å². The standard InChI is InChI=1S/C16H16FNO2/c1-18-16(11-5-4-6-12(17)9-11)15-10-19-13-7-2-3-8-14(13)20-15/h2-9,15-16,18H,10H2,1H3. The van der Waals surface area contributed by atoms with E-state index in [1.165, 1.54) is 12.1 Å². The predicted octanol–water partition coefficient (Wildman–Crippen LogP) is 2.93. The molecule has 0 aromatic heterocycles. The Kier molecular flexibility index (Phi) is 3.56. The number of ether oxygens (including phenoxy) is 2. The van der Waals surface area contributed by atoms with Crippen molar-refractivity contribution in [3.8, 4) is 11.5 Å². The summed E-state index contributed by atoms with van der Waals surface area (Å²) in [5.74, 6) is 1.22. The zero-order chi connectivity index (χ0) is 13.9. The van der Waals surface area contributed by atoms with E-state index in [0.717, 1.165) is 17.1 Å². The van der Waals surface area contributed by atoms with E-state index in [1.807, 2.05) is 37.4 Å². The lowest BCUT2D eigenvalue weighted by molar-refractivity contribution is 0.0637. The number of para-hydroxylation sites is 2. The molecule has 4 heteroatoms. The number of fused-ring (bicyclic) bond motifs is 1. The van der Waals surface area contributed by atoms with Crippen LogP contribution in [0.3, 0.4) is 0 Å². The normalized spacial score (nSPS) is 18.6. The fourth-order valence-corrected chi connectivity index (χ4v) is 2.47. The summed E-state index contributed by atoms with van der Waals surface area (Å²) in [5.41, 5.74) is 0.848. The molecule has 2 unspecified atom stereocenters. The quantitative estimate of drug-likeness (QED) is 0.932. The molecule has 0 fully saturated rings. The molecule has 2 aromatic carbocycles. The molecular formula is C16H16FNO2. The second kappa shape index (κ2) is 5.51. The molecule has 1 heterocycles. The summed E-state index contributed by atoms with van der Waals surface area (Å²) in [5, 5.41) is 3.17. The Bertz CT molecular complexity index is 603. The first-order valence-corrected chi connectivity index (χ1v) is 6.59. The van der Waals surface area contributed by atoms with E-state index in [1.54, 1.807) is 6.07 Å². The summed E-state index contributed by atoms with van der Waals surface area (Å²) >= 11 is 0. The Morgan fingerprint density at radius 1 is 1.15 bits per heavy atom. The average molecular weight is 273 g/mol. The maximum Gasteiger partial charge on any atom is 0.161 e. The van der Waals surface area contributed by atoms with E-state index in [4.69, 9.17) is 9.47 Å². The highest BCUT2D eigenvalue weighted by Gasteiger charge is 2.29. The lowest BCUT2D eigenvalue weighted by atomic mass is 10.0. The third kappa shape index (κ3) is 2.47. The first kappa shape index (κ1) is 12.9. The van der Waals surface area contributed by atoms with Crippen molar-refractivity contribution in [3.05, 3.63) is 59.9 Å². The maximum atomic E-state index is 13.4. The molecule has 0 radical (unpaired) electrons. The zero-order valence-electron chi connectivity index (χ0n) is 11.2. The summed E-state index contributed by atoms with van der Waals surface area (Å²) in [6.07, 6.45) is -0.198. The number of hydrogen-bond acceptors (Lipinski definition) is 3. The minimum atomic E-state index is -0.250. The van der Waals surface area contributed by atoms with Crippen LogP contribution in [0.1, 0.15) is 11.6 Å². The third-order valence-electron chi connectivity index (χ3n) is 3.42. The van der Waals surface area contributed by atoms with E-state index >= 15 is 0 Å². The van der Waals surface area contributed by atoms with E-state index in [9.17, 15) is 4.39 Å². The SMILES string of the molecule is CNC(c1cccc(F)c1)C1COc2ccccc2O1. The Labute approximate surface area is 117 Å². The van der Waals surface area contributed by atoms with Crippen molar-refractivity contribution in [2.75, 3.05) is 13.7 Å². The zero-order valence-corrected chi connectivity index (χ0v) is 11.2. The number of benzene rings is 2. The first-order valence-electron chi connectivity index (χ1n) is 6.59. The van der Waals surface area contributed by atoms with Crippen LogP contribution >= 0.6 is 0 Å². The second-order valence-electron chi connectivity index (χ2n) is 4.74. The van der Waals surface area contributed by atoms with Crippen LogP contribution in [0, 0.1) is 5.82 Å². The highest BCUT2D eigenvalue weighted by atomic mass is 19.1. The molecule has 0 amide bonds. The van der Waals surface area contributed by atoms with Crippen LogP contribution in [0.15, 0.2) is 48.5 Å². The predicted molar refractivity (Wildman–Crippen MR) is 74.6 cm³/mol. The van der Waals surface area contributed by atoms with E-state index < -0.39 is 0 Å². The van der Waals surface area contributed by atoms with Crippen molar-refractivity contribution >= 4 is 0 Å². The summed E-state index contributed by atoms with van der Waals surface area (Å²) in [6.45, 7) is 0.430. The van der Waals surface area contributed by atoms with Gasteiger partial charge in [-0.25, -0.2) is 4.39 Å². The molecule has 0 saturated heterocycles. The van der Waals surface area contributed by atoms with Crippen molar-refractivity contribution in [1.82, 2.24) is 5.32 Å². The van der Waals surface area contributed by atoms with Gasteiger partial charge in [-0.3, -0.25) is 0 Å². The van der Waals surface area contributed by atoms with Gasteiger partial charge in [0.15, 0.2) is 17.6 Å². The molecule has 1 N–H and O–H groups in total. The van der Waals surface area contributed by atoms with Gasteiger partial charge in [-0.05, 0) is 36.9 Å². The topological polar surface area (TPSA) is 30.5 Å². The summed E-state index contributed by atoms with van der Waals surface area (Å²) in [6, 6.07) is 14.0. The lowest BCUT2D eigenvalue weighted by Gasteiger charge is -2.32. The Morgan fingerprint density at radius 3 is 2.70 bits per heavy atom. The fourth-order valence-electron chi connectivity index (χ4n) is 2.47. The Balaban J connectivity index is 1.85. The first-order chi connectivity index (χ1) is 9.78. The van der Waals surface area contributed by atoms with Gasteiger partial charge >= 0.3 is 0 Å². The fraction of sp³-hybridized carbons (Fsp3) is 0.250. The molecule has 1 aliphatic rings. The van der Waals surface area contributed by atoms with E-state index in [-0.39, 0.29) is 18.0 Å². The van der Waals surface area contributed by atoms with Crippen LogP contribution in [-0.2, 0) is 0 Å². The number of hydrogen-bond donors (Lipinski definition) is 1. The van der Waals surface area contributed by atoms with Crippen molar-refractivity contribution in [2.45, 2.75) is 12.1 Å². The van der Waals surface area contributed by atoms with Gasteiger partial charge in [0.25, 0.3) is 0 Å². The molecule has 20 heavy (non-hydrogen) atoms. The van der Waals surface area contributed by atoms with Gasteiger partial charge in [0.1, 0.15) is 12.4 Å². The van der Waals surface area contributed by atoms with Gasteiger partial charge in [0, 0.05) is 0 Å². The van der Waals surface area contributed by atoms with Gasteiger partial charge in [-0.2, -0.15) is 0 Å². The van der Waals surface area contributed by atoms with Crippen molar-refractivity contribution in [1.29, 1.82) is 0 Å². The van der Waals surface area contributed by atoms with Crippen LogP contribution in [0.2, 0.25) is 0 Å². The van der Waals surface area contributed by atoms with E-state index in [2.05, 4.69) is 5.32 Å². The monoisotopic (exact) mass is 273 g/mol. The average Bonchev–Trinajstić information content (AvgIpc) is 2.48. The van der Waals surface area contributed by atoms with Crippen LogP contribution < -0.4 is 14.8 Å². The molecule has 1 aliphatic heterocycles. The molecule has 3 nitrogen and oxygen atoms in total. The minimum Gasteiger partial charge on any atom is -0.486 e. The molecule has 0 bridgehead atoms. The van der Waals surface area contributed by atoms with Crippen LogP contribution in [0.4, 0.5) is 4.39 Å². The number of rotatable bonds is 3. The summed E-state index contributed by atoms with van der Waals surface area (Å²) < 4.78 is 25.1. The van der Waals surface area contributed by atoms with E-state index in [0.29, 0.717) is 6.61 Å². The minimum absolute atomic E-state index is 0.126. The van der Waals surface area contributed by atoms with Gasteiger partial charge in [-0.1, -0.05) is 24.3 Å². The van der Waals surface area contributed by atoms with Gasteiger partial charge < -0.3 is 14.8 Å². The highest BCUT2D eigenvalue weighted by Crippen LogP contribution is 2.34. The van der Waals surface area contributed by atoms with Crippen molar-refractivity contribution in [2.24, 2.45) is 0 Å². The molecular weight excluding hydrogens is 257 g/mol. The van der Waals surface area contributed by atoms with Gasteiger partial charge in [0.2, 0.25) is 0 Å². The number of nitrogens with one attached hydrogen (secondary N) is 1. The molecule has 2 aromatic rings. The van der Waals surface area contributed by atoms with Crippen LogP contribution in [0.25, 0.3) is 0 Å². The van der Waals surface area contributed by atoms with Crippen LogP contribution in [0.5, 0.6) is 11.5 Å². The number of halogens is 1. The summed E-state index contributed by atoms with van der Waals surface area (Å²) in [7, 11) is 1.83. The second-order valence-corrected chi connectivity index (χ2v) is 4.74. The smallest absolute Gasteiger partial charge is 0.161 e. The Morgan fingerprint density at radius 2 is 1.95 bits per heavy atom. The molecule has 0 spiro atoms. The molecule has 0 saturated carbocycles. The Hall–Kier alpha value is -2.07. The van der Waals surface area contributed by atoms with Crippen LogP contribution in [-0.4, -0.2) is 19.8 Å². The molecule has 3 rings (SSSR count). The largest absolute Gasteiger partial charge is 0.486 e. The molecule has 2 atom stereocenters. The number of likely N-dealkylation sites (N-methyl/N-ethyl adjacent to an activating group) is 1. The lowest BCUT2D eigenvalue weighted by Crippen LogP contribution is -2.40.